The zero-order valence-electron chi connectivity index (χ0n) is 13.4. The summed E-state index contributed by atoms with van der Waals surface area (Å²) in [7, 11) is 0. The third-order valence-electron chi connectivity index (χ3n) is 4.09. The van der Waals surface area contributed by atoms with Gasteiger partial charge in [-0.15, -0.1) is 0 Å². The van der Waals surface area contributed by atoms with Crippen molar-refractivity contribution in [2.45, 2.75) is 84.0 Å². The van der Waals surface area contributed by atoms with E-state index >= 15 is 0 Å². The van der Waals surface area contributed by atoms with Crippen LogP contribution in [0.25, 0.3) is 0 Å². The number of carbonyl (C=O) groups is 1. The molecule has 0 aromatic rings. The summed E-state index contributed by atoms with van der Waals surface area (Å²) in [6.07, 6.45) is 15.6. The second-order valence-electron chi connectivity index (χ2n) is 5.99. The van der Waals surface area contributed by atoms with Crippen LogP contribution in [0.3, 0.4) is 0 Å². The molecule has 3 heteroatoms. The fourth-order valence-corrected chi connectivity index (χ4v) is 3.63. The van der Waals surface area contributed by atoms with Gasteiger partial charge in [-0.3, -0.25) is 4.79 Å². The van der Waals surface area contributed by atoms with Crippen LogP contribution >= 0.6 is 11.8 Å². The normalized spacial score (nSPS) is 17.4. The molecule has 2 nitrogen and oxygen atoms in total. The summed E-state index contributed by atoms with van der Waals surface area (Å²) in [5.74, 6) is 1.02. The van der Waals surface area contributed by atoms with Crippen LogP contribution in [0, 0.1) is 0 Å². The van der Waals surface area contributed by atoms with Gasteiger partial charge in [0.15, 0.2) is 0 Å². The molecule has 0 bridgehead atoms. The third kappa shape index (κ3) is 8.89. The number of amides is 1. The topological polar surface area (TPSA) is 20.3 Å². The number of hydrogen-bond acceptors (Lipinski definition) is 2. The summed E-state index contributed by atoms with van der Waals surface area (Å²) >= 11 is 1.56. The molecule has 1 heterocycles. The standard InChI is InChI=1S/C17H33NOS/c1-2-3-4-5-10-13-16-20-17(19)18-14-11-8-6-7-9-12-15-18/h2-16H2,1H3. The molecule has 0 aromatic heterocycles. The van der Waals surface area contributed by atoms with Gasteiger partial charge in [-0.05, 0) is 19.3 Å². The van der Waals surface area contributed by atoms with E-state index < -0.39 is 0 Å². The Kier molecular flexibility index (Phi) is 11.2. The first-order chi connectivity index (χ1) is 9.84. The molecule has 0 N–H and O–H groups in total. The van der Waals surface area contributed by atoms with E-state index in [4.69, 9.17) is 0 Å². The molecule has 0 spiro atoms. The van der Waals surface area contributed by atoms with Gasteiger partial charge in [0.2, 0.25) is 0 Å². The summed E-state index contributed by atoms with van der Waals surface area (Å²) in [6.45, 7) is 4.23. The van der Waals surface area contributed by atoms with E-state index in [0.717, 1.165) is 18.8 Å². The first-order valence-electron chi connectivity index (χ1n) is 8.76. The lowest BCUT2D eigenvalue weighted by Gasteiger charge is -2.21. The molecule has 20 heavy (non-hydrogen) atoms. The van der Waals surface area contributed by atoms with Gasteiger partial charge in [0, 0.05) is 18.8 Å². The Bertz CT molecular complexity index is 235. The van der Waals surface area contributed by atoms with Gasteiger partial charge in [0.1, 0.15) is 0 Å². The lowest BCUT2D eigenvalue weighted by molar-refractivity contribution is 0.222. The minimum atomic E-state index is 0.334. The smallest absolute Gasteiger partial charge is 0.281 e. The highest BCUT2D eigenvalue weighted by Gasteiger charge is 2.14. The molecular weight excluding hydrogens is 266 g/mol. The van der Waals surface area contributed by atoms with Crippen LogP contribution in [0.15, 0.2) is 0 Å². The second kappa shape index (κ2) is 12.6. The van der Waals surface area contributed by atoms with E-state index in [1.54, 1.807) is 11.8 Å². The molecule has 1 aliphatic heterocycles. The van der Waals surface area contributed by atoms with Crippen molar-refractivity contribution in [2.75, 3.05) is 18.8 Å². The van der Waals surface area contributed by atoms with Crippen molar-refractivity contribution in [1.82, 2.24) is 4.90 Å². The van der Waals surface area contributed by atoms with Crippen molar-refractivity contribution in [3.8, 4) is 0 Å². The van der Waals surface area contributed by atoms with Crippen molar-refractivity contribution >= 4 is 17.0 Å². The molecule has 0 aromatic carbocycles. The molecule has 1 saturated heterocycles. The van der Waals surface area contributed by atoms with Crippen LogP contribution in [-0.4, -0.2) is 29.0 Å². The predicted molar refractivity (Wildman–Crippen MR) is 90.5 cm³/mol. The highest BCUT2D eigenvalue weighted by atomic mass is 32.2. The molecule has 1 amide bonds. The highest BCUT2D eigenvalue weighted by molar-refractivity contribution is 8.13. The van der Waals surface area contributed by atoms with Crippen LogP contribution in [0.2, 0.25) is 0 Å². The Balaban J connectivity index is 2.07. The van der Waals surface area contributed by atoms with Crippen LogP contribution < -0.4 is 0 Å². The molecule has 1 fully saturated rings. The minimum Gasteiger partial charge on any atom is -0.334 e. The highest BCUT2D eigenvalue weighted by Crippen LogP contribution is 2.17. The Labute approximate surface area is 130 Å². The maximum atomic E-state index is 12.2. The van der Waals surface area contributed by atoms with Crippen LogP contribution in [0.5, 0.6) is 0 Å². The van der Waals surface area contributed by atoms with Crippen molar-refractivity contribution in [1.29, 1.82) is 0 Å². The van der Waals surface area contributed by atoms with E-state index in [1.807, 2.05) is 0 Å². The van der Waals surface area contributed by atoms with Crippen molar-refractivity contribution in [2.24, 2.45) is 0 Å². The fraction of sp³-hybridized carbons (Fsp3) is 0.941. The molecule has 0 radical (unpaired) electrons. The van der Waals surface area contributed by atoms with Gasteiger partial charge in [0.25, 0.3) is 5.24 Å². The van der Waals surface area contributed by atoms with E-state index in [9.17, 15) is 4.79 Å². The largest absolute Gasteiger partial charge is 0.334 e. The number of unbranched alkanes of at least 4 members (excludes halogenated alkanes) is 5. The van der Waals surface area contributed by atoms with Crippen molar-refractivity contribution in [3.63, 3.8) is 0 Å². The van der Waals surface area contributed by atoms with E-state index in [2.05, 4.69) is 11.8 Å². The first-order valence-corrected chi connectivity index (χ1v) is 9.75. The Morgan fingerprint density at radius 2 is 1.40 bits per heavy atom. The molecular formula is C17H33NOS. The third-order valence-corrected chi connectivity index (χ3v) is 5.09. The Morgan fingerprint density at radius 3 is 2.05 bits per heavy atom. The molecule has 1 rings (SSSR count). The quantitative estimate of drug-likeness (QED) is 0.549. The number of nitrogens with zero attached hydrogens (tertiary/aromatic N) is 1. The average Bonchev–Trinajstić information content (AvgIpc) is 2.59. The molecule has 0 saturated carbocycles. The Morgan fingerprint density at radius 1 is 0.850 bits per heavy atom. The number of thioether (sulfide) groups is 1. The first kappa shape index (κ1) is 17.9. The monoisotopic (exact) mass is 299 g/mol. The minimum absolute atomic E-state index is 0.334. The molecule has 1 aliphatic rings. The number of hydrogen-bond donors (Lipinski definition) is 0. The van der Waals surface area contributed by atoms with E-state index in [1.165, 1.54) is 77.0 Å². The predicted octanol–water partition coefficient (Wildman–Crippen LogP) is 5.86. The molecule has 0 aliphatic carbocycles. The van der Waals surface area contributed by atoms with Crippen molar-refractivity contribution in [3.05, 3.63) is 0 Å². The maximum absolute atomic E-state index is 12.2. The number of rotatable bonds is 7. The van der Waals surface area contributed by atoms with E-state index in [-0.39, 0.29) is 0 Å². The Hall–Kier alpha value is -0.180. The average molecular weight is 300 g/mol. The summed E-state index contributed by atoms with van der Waals surface area (Å²) in [5.41, 5.74) is 0. The van der Waals surface area contributed by atoms with Crippen LogP contribution in [-0.2, 0) is 0 Å². The zero-order chi connectivity index (χ0) is 14.5. The lowest BCUT2D eigenvalue weighted by Crippen LogP contribution is -2.29. The molecule has 118 valence electrons. The van der Waals surface area contributed by atoms with Gasteiger partial charge >= 0.3 is 0 Å². The van der Waals surface area contributed by atoms with Gasteiger partial charge in [-0.25, -0.2) is 0 Å². The fourth-order valence-electron chi connectivity index (χ4n) is 2.74. The second-order valence-corrected chi connectivity index (χ2v) is 7.04. The molecule has 0 atom stereocenters. The number of carbonyl (C=O) groups excluding carboxylic acids is 1. The van der Waals surface area contributed by atoms with Gasteiger partial charge < -0.3 is 4.90 Å². The van der Waals surface area contributed by atoms with Crippen LogP contribution in [0.4, 0.5) is 4.79 Å². The lowest BCUT2D eigenvalue weighted by atomic mass is 10.1. The van der Waals surface area contributed by atoms with Crippen molar-refractivity contribution < 1.29 is 4.79 Å². The maximum Gasteiger partial charge on any atom is 0.281 e. The van der Waals surface area contributed by atoms with Gasteiger partial charge in [0.05, 0.1) is 0 Å². The molecule has 0 unspecified atom stereocenters. The SMILES string of the molecule is CCCCCCCCSC(=O)N1CCCCCCCC1. The summed E-state index contributed by atoms with van der Waals surface area (Å²) in [5, 5.41) is 0.334. The summed E-state index contributed by atoms with van der Waals surface area (Å²) in [4.78, 5) is 14.3. The zero-order valence-corrected chi connectivity index (χ0v) is 14.2. The van der Waals surface area contributed by atoms with Crippen LogP contribution in [0.1, 0.15) is 84.0 Å². The van der Waals surface area contributed by atoms with Gasteiger partial charge in [-0.1, -0.05) is 76.5 Å². The summed E-state index contributed by atoms with van der Waals surface area (Å²) in [6, 6.07) is 0. The summed E-state index contributed by atoms with van der Waals surface area (Å²) < 4.78 is 0. The van der Waals surface area contributed by atoms with E-state index in [0.29, 0.717) is 5.24 Å². The van der Waals surface area contributed by atoms with Gasteiger partial charge in [-0.2, -0.15) is 0 Å².